The molecule has 1 aromatic carbocycles. The van der Waals surface area contributed by atoms with E-state index < -0.39 is 6.03 Å². The first-order chi connectivity index (χ1) is 13.0. The Morgan fingerprint density at radius 3 is 2.52 bits per heavy atom. The van der Waals surface area contributed by atoms with E-state index in [4.69, 9.17) is 14.6 Å². The summed E-state index contributed by atoms with van der Waals surface area (Å²) < 4.78 is 11.1. The predicted molar refractivity (Wildman–Crippen MR) is 102 cm³/mol. The zero-order valence-corrected chi connectivity index (χ0v) is 16.1. The van der Waals surface area contributed by atoms with Crippen molar-refractivity contribution in [3.63, 3.8) is 0 Å². The molecule has 0 saturated carbocycles. The molecular formula is C19H31N3O5. The molecule has 0 aliphatic heterocycles. The van der Waals surface area contributed by atoms with Crippen LogP contribution >= 0.6 is 0 Å². The molecule has 1 unspecified atom stereocenters. The molecule has 0 aliphatic carbocycles. The van der Waals surface area contributed by atoms with E-state index in [2.05, 4.69) is 30.0 Å². The number of carbonyl (C=O) groups is 2. The normalized spacial score (nSPS) is 11.5. The van der Waals surface area contributed by atoms with Crippen LogP contribution in [-0.2, 0) is 9.53 Å². The lowest BCUT2D eigenvalue weighted by molar-refractivity contribution is -0.122. The van der Waals surface area contributed by atoms with Crippen LogP contribution in [0.5, 0.6) is 11.5 Å². The molecule has 0 aromatic heterocycles. The number of hydrogen-bond acceptors (Lipinski definition) is 5. The monoisotopic (exact) mass is 381 g/mol. The van der Waals surface area contributed by atoms with Crippen LogP contribution in [-0.4, -0.2) is 42.9 Å². The van der Waals surface area contributed by atoms with Gasteiger partial charge < -0.3 is 19.9 Å². The second kappa shape index (κ2) is 13.7. The summed E-state index contributed by atoms with van der Waals surface area (Å²) in [6.07, 6.45) is 4.23. The first-order valence-corrected chi connectivity index (χ1v) is 9.41. The standard InChI is InChI=1S/C19H31N3O5/c1-3-6-16(4-2)26-13-5-7-18(24)21-22-19(25)20-12-14-27-17-10-8-15(23)9-11-17/h8-11,16,23H,3-7,12-14H2,1-2H3,(H,21,24)(H2,20,22,25). The van der Waals surface area contributed by atoms with E-state index >= 15 is 0 Å². The Morgan fingerprint density at radius 1 is 1.11 bits per heavy atom. The number of hydrazine groups is 1. The molecule has 1 aromatic rings. The molecule has 0 saturated heterocycles. The van der Waals surface area contributed by atoms with Crippen LogP contribution < -0.4 is 20.9 Å². The average Bonchev–Trinajstić information content (AvgIpc) is 2.67. The summed E-state index contributed by atoms with van der Waals surface area (Å²) >= 11 is 0. The molecule has 27 heavy (non-hydrogen) atoms. The molecule has 0 bridgehead atoms. The van der Waals surface area contributed by atoms with Crippen LogP contribution in [0.1, 0.15) is 46.0 Å². The predicted octanol–water partition coefficient (Wildman–Crippen LogP) is 2.48. The number of phenols is 1. The second-order valence-electron chi connectivity index (χ2n) is 6.06. The van der Waals surface area contributed by atoms with Crippen molar-refractivity contribution in [3.8, 4) is 11.5 Å². The molecule has 8 heteroatoms. The van der Waals surface area contributed by atoms with E-state index in [-0.39, 0.29) is 37.3 Å². The number of phenolic OH excluding ortho intramolecular Hbond substituents is 1. The van der Waals surface area contributed by atoms with Crippen LogP contribution in [0.15, 0.2) is 24.3 Å². The van der Waals surface area contributed by atoms with Gasteiger partial charge in [0.15, 0.2) is 0 Å². The fourth-order valence-electron chi connectivity index (χ4n) is 2.32. The topological polar surface area (TPSA) is 109 Å². The SMILES string of the molecule is CCCC(CC)OCCCC(=O)NNC(=O)NCCOc1ccc(O)cc1. The summed E-state index contributed by atoms with van der Waals surface area (Å²) in [5, 5.41) is 11.7. The van der Waals surface area contributed by atoms with Crippen molar-refractivity contribution in [1.29, 1.82) is 0 Å². The Kier molecular flexibility index (Phi) is 11.4. The lowest BCUT2D eigenvalue weighted by Gasteiger charge is -2.15. The number of nitrogens with one attached hydrogen (secondary N) is 3. The van der Waals surface area contributed by atoms with Crippen LogP contribution in [0, 0.1) is 0 Å². The van der Waals surface area contributed by atoms with Gasteiger partial charge in [0.05, 0.1) is 12.6 Å². The summed E-state index contributed by atoms with van der Waals surface area (Å²) in [4.78, 5) is 23.3. The van der Waals surface area contributed by atoms with Gasteiger partial charge in [0, 0.05) is 13.0 Å². The van der Waals surface area contributed by atoms with E-state index in [1.54, 1.807) is 12.1 Å². The van der Waals surface area contributed by atoms with E-state index in [1.165, 1.54) is 12.1 Å². The molecule has 1 atom stereocenters. The van der Waals surface area contributed by atoms with E-state index in [0.29, 0.717) is 18.8 Å². The Balaban J connectivity index is 2.03. The van der Waals surface area contributed by atoms with Gasteiger partial charge >= 0.3 is 6.03 Å². The largest absolute Gasteiger partial charge is 0.508 e. The summed E-state index contributed by atoms with van der Waals surface area (Å²) in [5.74, 6) is 0.487. The van der Waals surface area contributed by atoms with Gasteiger partial charge in [-0.2, -0.15) is 0 Å². The highest BCUT2D eigenvalue weighted by Crippen LogP contribution is 2.15. The van der Waals surface area contributed by atoms with Crippen LogP contribution in [0.4, 0.5) is 4.79 Å². The molecule has 0 spiro atoms. The third-order valence-corrected chi connectivity index (χ3v) is 3.78. The average molecular weight is 381 g/mol. The molecule has 3 amide bonds. The Morgan fingerprint density at radius 2 is 1.85 bits per heavy atom. The van der Waals surface area contributed by atoms with Gasteiger partial charge in [0.2, 0.25) is 5.91 Å². The molecule has 0 fully saturated rings. The minimum Gasteiger partial charge on any atom is -0.508 e. The number of aromatic hydroxyl groups is 1. The van der Waals surface area contributed by atoms with E-state index in [0.717, 1.165) is 19.3 Å². The Bertz CT molecular complexity index is 551. The summed E-state index contributed by atoms with van der Waals surface area (Å²) in [7, 11) is 0. The number of rotatable bonds is 12. The minimum absolute atomic E-state index is 0.160. The molecule has 0 radical (unpaired) electrons. The lowest BCUT2D eigenvalue weighted by Crippen LogP contribution is -2.47. The van der Waals surface area contributed by atoms with Crippen molar-refractivity contribution in [2.45, 2.75) is 52.1 Å². The quantitative estimate of drug-likeness (QED) is 0.328. The van der Waals surface area contributed by atoms with E-state index in [9.17, 15) is 9.59 Å². The van der Waals surface area contributed by atoms with Crippen LogP contribution in [0.3, 0.4) is 0 Å². The zero-order chi connectivity index (χ0) is 19.9. The Hall–Kier alpha value is -2.48. The minimum atomic E-state index is -0.511. The molecule has 0 aliphatic rings. The first-order valence-electron chi connectivity index (χ1n) is 9.41. The van der Waals surface area contributed by atoms with Crippen molar-refractivity contribution in [2.75, 3.05) is 19.8 Å². The van der Waals surface area contributed by atoms with Crippen LogP contribution in [0.25, 0.3) is 0 Å². The van der Waals surface area contributed by atoms with Crippen molar-refractivity contribution < 1.29 is 24.2 Å². The second-order valence-corrected chi connectivity index (χ2v) is 6.06. The van der Waals surface area contributed by atoms with Gasteiger partial charge in [-0.25, -0.2) is 10.2 Å². The summed E-state index contributed by atoms with van der Waals surface area (Å²) in [5.41, 5.74) is 4.64. The van der Waals surface area contributed by atoms with Crippen molar-refractivity contribution >= 4 is 11.9 Å². The third-order valence-electron chi connectivity index (χ3n) is 3.78. The highest BCUT2D eigenvalue weighted by Gasteiger charge is 2.07. The van der Waals surface area contributed by atoms with E-state index in [1.807, 2.05) is 0 Å². The number of carbonyl (C=O) groups excluding carboxylic acids is 2. The number of ether oxygens (including phenoxy) is 2. The first kappa shape index (κ1) is 22.6. The number of urea groups is 1. The van der Waals surface area contributed by atoms with Gasteiger partial charge in [0.1, 0.15) is 18.1 Å². The maximum atomic E-state index is 11.7. The van der Waals surface area contributed by atoms with Crippen molar-refractivity contribution in [3.05, 3.63) is 24.3 Å². The number of benzene rings is 1. The molecule has 4 N–H and O–H groups in total. The summed E-state index contributed by atoms with van der Waals surface area (Å²) in [6, 6.07) is 5.78. The lowest BCUT2D eigenvalue weighted by atomic mass is 10.1. The van der Waals surface area contributed by atoms with Gasteiger partial charge in [-0.05, 0) is 43.5 Å². The zero-order valence-electron chi connectivity index (χ0n) is 16.1. The van der Waals surface area contributed by atoms with Gasteiger partial charge in [-0.15, -0.1) is 0 Å². The molecule has 0 heterocycles. The van der Waals surface area contributed by atoms with Crippen molar-refractivity contribution in [2.24, 2.45) is 0 Å². The van der Waals surface area contributed by atoms with Gasteiger partial charge in [0.25, 0.3) is 0 Å². The maximum absolute atomic E-state index is 11.7. The van der Waals surface area contributed by atoms with Crippen molar-refractivity contribution in [1.82, 2.24) is 16.2 Å². The molecule has 152 valence electrons. The Labute approximate surface area is 160 Å². The maximum Gasteiger partial charge on any atom is 0.333 e. The van der Waals surface area contributed by atoms with Gasteiger partial charge in [-0.1, -0.05) is 20.3 Å². The number of hydrogen-bond donors (Lipinski definition) is 4. The van der Waals surface area contributed by atoms with Gasteiger partial charge in [-0.3, -0.25) is 10.2 Å². The van der Waals surface area contributed by atoms with Crippen LogP contribution in [0.2, 0.25) is 0 Å². The molecule has 8 nitrogen and oxygen atoms in total. The molecule has 1 rings (SSSR count). The fourth-order valence-corrected chi connectivity index (χ4v) is 2.32. The number of amides is 3. The third kappa shape index (κ3) is 11.0. The summed E-state index contributed by atoms with van der Waals surface area (Å²) in [6.45, 7) is 5.28. The molecular weight excluding hydrogens is 350 g/mol. The highest BCUT2D eigenvalue weighted by molar-refractivity contribution is 5.80. The fraction of sp³-hybridized carbons (Fsp3) is 0.579. The smallest absolute Gasteiger partial charge is 0.333 e. The highest BCUT2D eigenvalue weighted by atomic mass is 16.5.